The highest BCUT2D eigenvalue weighted by molar-refractivity contribution is 7.92. The molecule has 1 heterocycles. The molecule has 0 fully saturated rings. The molecule has 0 saturated heterocycles. The number of amides is 1. The van der Waals surface area contributed by atoms with Gasteiger partial charge < -0.3 is 10.1 Å². The number of halogens is 1. The summed E-state index contributed by atoms with van der Waals surface area (Å²) in [4.78, 5) is 11.3. The highest BCUT2D eigenvalue weighted by Gasteiger charge is 2.21. The van der Waals surface area contributed by atoms with Gasteiger partial charge in [0.05, 0.1) is 18.6 Å². The van der Waals surface area contributed by atoms with Crippen LogP contribution in [0.25, 0.3) is 0 Å². The lowest BCUT2D eigenvalue weighted by Crippen LogP contribution is -2.13. The molecule has 0 radical (unpaired) electrons. The number of carbonyl (C=O) groups excluding carboxylic acids is 1. The van der Waals surface area contributed by atoms with Gasteiger partial charge in [0.1, 0.15) is 10.6 Å². The van der Waals surface area contributed by atoms with Gasteiger partial charge in [-0.2, -0.15) is 0 Å². The lowest BCUT2D eigenvalue weighted by molar-refractivity contribution is -0.115. The number of benzene rings is 2. The molecule has 1 aliphatic heterocycles. The Kier molecular flexibility index (Phi) is 3.91. The predicted molar refractivity (Wildman–Crippen MR) is 87.6 cm³/mol. The summed E-state index contributed by atoms with van der Waals surface area (Å²) in [6, 6.07) is 9.20. The molecular weight excluding hydrogens is 340 g/mol. The van der Waals surface area contributed by atoms with Crippen LogP contribution in [0.4, 0.5) is 11.4 Å². The van der Waals surface area contributed by atoms with Gasteiger partial charge in [-0.15, -0.1) is 0 Å². The third kappa shape index (κ3) is 3.11. The smallest absolute Gasteiger partial charge is 0.263 e. The van der Waals surface area contributed by atoms with Gasteiger partial charge in [0.2, 0.25) is 5.91 Å². The lowest BCUT2D eigenvalue weighted by atomic mass is 10.1. The van der Waals surface area contributed by atoms with E-state index >= 15 is 0 Å². The maximum Gasteiger partial charge on any atom is 0.263 e. The number of nitrogens with one attached hydrogen (secondary N) is 2. The molecule has 6 nitrogen and oxygen atoms in total. The van der Waals surface area contributed by atoms with Crippen molar-refractivity contribution in [2.75, 3.05) is 17.1 Å². The fourth-order valence-electron chi connectivity index (χ4n) is 2.33. The highest BCUT2D eigenvalue weighted by atomic mass is 35.5. The van der Waals surface area contributed by atoms with E-state index in [-0.39, 0.29) is 22.2 Å². The molecule has 2 aromatic carbocycles. The molecule has 120 valence electrons. The monoisotopic (exact) mass is 352 g/mol. The van der Waals surface area contributed by atoms with Gasteiger partial charge in [-0.05, 0) is 35.9 Å². The number of rotatable bonds is 4. The molecule has 1 amide bonds. The summed E-state index contributed by atoms with van der Waals surface area (Å²) in [5.74, 6) is 0.356. The van der Waals surface area contributed by atoms with Crippen molar-refractivity contribution >= 4 is 38.9 Å². The maximum atomic E-state index is 12.5. The van der Waals surface area contributed by atoms with Crippen molar-refractivity contribution in [3.8, 4) is 5.75 Å². The molecule has 3 rings (SSSR count). The molecule has 0 atom stereocenters. The van der Waals surface area contributed by atoms with E-state index in [1.165, 1.54) is 25.3 Å². The van der Waals surface area contributed by atoms with Crippen molar-refractivity contribution in [3.05, 3.63) is 47.0 Å². The van der Waals surface area contributed by atoms with Gasteiger partial charge in [-0.1, -0.05) is 11.6 Å². The normalized spacial score (nSPS) is 13.4. The van der Waals surface area contributed by atoms with E-state index in [0.717, 1.165) is 5.56 Å². The van der Waals surface area contributed by atoms with E-state index in [1.807, 2.05) is 0 Å². The minimum Gasteiger partial charge on any atom is -0.497 e. The first-order valence-corrected chi connectivity index (χ1v) is 8.54. The van der Waals surface area contributed by atoms with Crippen LogP contribution in [0.1, 0.15) is 5.56 Å². The Morgan fingerprint density at radius 1 is 1.22 bits per heavy atom. The third-order valence-electron chi connectivity index (χ3n) is 3.41. The van der Waals surface area contributed by atoms with Crippen LogP contribution in [0.15, 0.2) is 41.3 Å². The van der Waals surface area contributed by atoms with Gasteiger partial charge in [-0.25, -0.2) is 8.42 Å². The molecule has 23 heavy (non-hydrogen) atoms. The number of anilines is 2. The molecule has 0 aromatic heterocycles. The van der Waals surface area contributed by atoms with Crippen molar-refractivity contribution in [3.63, 3.8) is 0 Å². The molecule has 8 heteroatoms. The summed E-state index contributed by atoms with van der Waals surface area (Å²) in [6.07, 6.45) is 0.230. The number of methoxy groups -OCH3 is 1. The maximum absolute atomic E-state index is 12.5. The number of ether oxygens (including phenoxy) is 1. The van der Waals surface area contributed by atoms with Crippen LogP contribution in [-0.4, -0.2) is 21.4 Å². The molecule has 2 aromatic rings. The number of hydrogen-bond donors (Lipinski definition) is 2. The van der Waals surface area contributed by atoms with Gasteiger partial charge in [0.15, 0.2) is 0 Å². The average molecular weight is 353 g/mol. The Hall–Kier alpha value is -2.25. The van der Waals surface area contributed by atoms with Crippen LogP contribution < -0.4 is 14.8 Å². The first-order chi connectivity index (χ1) is 10.9. The van der Waals surface area contributed by atoms with Crippen molar-refractivity contribution in [2.45, 2.75) is 11.3 Å². The van der Waals surface area contributed by atoms with Crippen molar-refractivity contribution in [1.82, 2.24) is 0 Å². The van der Waals surface area contributed by atoms with Gasteiger partial charge in [0, 0.05) is 17.4 Å². The largest absolute Gasteiger partial charge is 0.497 e. The number of hydrogen-bond acceptors (Lipinski definition) is 4. The first-order valence-electron chi connectivity index (χ1n) is 6.68. The summed E-state index contributed by atoms with van der Waals surface area (Å²) < 4.78 is 32.4. The third-order valence-corrected chi connectivity index (χ3v) is 5.28. The van der Waals surface area contributed by atoms with Crippen molar-refractivity contribution in [2.24, 2.45) is 0 Å². The van der Waals surface area contributed by atoms with Crippen LogP contribution in [0.3, 0.4) is 0 Å². The topological polar surface area (TPSA) is 84.5 Å². The zero-order valence-electron chi connectivity index (χ0n) is 12.1. The zero-order chi connectivity index (χ0) is 16.6. The van der Waals surface area contributed by atoms with Gasteiger partial charge in [-0.3, -0.25) is 9.52 Å². The number of carbonyl (C=O) groups is 1. The van der Waals surface area contributed by atoms with Crippen LogP contribution in [-0.2, 0) is 21.2 Å². The van der Waals surface area contributed by atoms with Gasteiger partial charge >= 0.3 is 0 Å². The van der Waals surface area contributed by atoms with E-state index in [9.17, 15) is 13.2 Å². The second-order valence-electron chi connectivity index (χ2n) is 5.00. The standard InChI is InChI=1S/C15H13ClN2O4S/c1-22-11-3-5-14(12(16)8-11)23(20,21)18-10-2-4-13-9(6-10)7-15(19)17-13/h2-6,8,18H,7H2,1H3,(H,17,19). The first kappa shape index (κ1) is 15.6. The van der Waals surface area contributed by atoms with Crippen LogP contribution in [0.5, 0.6) is 5.75 Å². The zero-order valence-corrected chi connectivity index (χ0v) is 13.7. The van der Waals surface area contributed by atoms with Crippen LogP contribution in [0.2, 0.25) is 5.02 Å². The Morgan fingerprint density at radius 2 is 2.00 bits per heavy atom. The fraction of sp³-hybridized carbons (Fsp3) is 0.133. The van der Waals surface area contributed by atoms with E-state index in [0.29, 0.717) is 17.1 Å². The van der Waals surface area contributed by atoms with E-state index in [4.69, 9.17) is 16.3 Å². The molecule has 0 aliphatic carbocycles. The Balaban J connectivity index is 1.90. The molecule has 1 aliphatic rings. The van der Waals surface area contributed by atoms with E-state index in [2.05, 4.69) is 10.0 Å². The number of sulfonamides is 1. The summed E-state index contributed by atoms with van der Waals surface area (Å²) in [5.41, 5.74) is 1.81. The van der Waals surface area contributed by atoms with E-state index < -0.39 is 10.0 Å². The molecular formula is C15H13ClN2O4S. The summed E-state index contributed by atoms with van der Waals surface area (Å²) >= 11 is 6.02. The van der Waals surface area contributed by atoms with Crippen LogP contribution >= 0.6 is 11.6 Å². The Morgan fingerprint density at radius 3 is 2.70 bits per heavy atom. The lowest BCUT2D eigenvalue weighted by Gasteiger charge is -2.11. The second-order valence-corrected chi connectivity index (χ2v) is 7.06. The van der Waals surface area contributed by atoms with Crippen molar-refractivity contribution in [1.29, 1.82) is 0 Å². The quantitative estimate of drug-likeness (QED) is 0.885. The van der Waals surface area contributed by atoms with Crippen molar-refractivity contribution < 1.29 is 17.9 Å². The average Bonchev–Trinajstić information content (AvgIpc) is 2.85. The number of fused-ring (bicyclic) bond motifs is 1. The van der Waals surface area contributed by atoms with Crippen LogP contribution in [0, 0.1) is 0 Å². The van der Waals surface area contributed by atoms with Gasteiger partial charge in [0.25, 0.3) is 10.0 Å². The molecule has 0 unspecified atom stereocenters. The molecule has 2 N–H and O–H groups in total. The second kappa shape index (κ2) is 5.75. The minimum atomic E-state index is -3.84. The Labute approximate surface area is 138 Å². The summed E-state index contributed by atoms with van der Waals surface area (Å²) in [6.45, 7) is 0. The summed E-state index contributed by atoms with van der Waals surface area (Å²) in [5, 5.41) is 2.75. The fourth-order valence-corrected chi connectivity index (χ4v) is 3.91. The molecule has 0 bridgehead atoms. The minimum absolute atomic E-state index is 0.0466. The SMILES string of the molecule is COc1ccc(S(=O)(=O)Nc2ccc3c(c2)CC(=O)N3)c(Cl)c1. The molecule has 0 saturated carbocycles. The Bertz CT molecular complexity index is 896. The van der Waals surface area contributed by atoms with E-state index in [1.54, 1.807) is 18.2 Å². The predicted octanol–water partition coefficient (Wildman–Crippen LogP) is 2.64. The molecule has 0 spiro atoms. The highest BCUT2D eigenvalue weighted by Crippen LogP contribution is 2.30. The summed E-state index contributed by atoms with van der Waals surface area (Å²) in [7, 11) is -2.37.